The van der Waals surface area contributed by atoms with Crippen LogP contribution in [0.5, 0.6) is 11.5 Å². The van der Waals surface area contributed by atoms with Gasteiger partial charge in [0, 0.05) is 46.4 Å². The van der Waals surface area contributed by atoms with Gasteiger partial charge in [0.15, 0.2) is 11.5 Å². The van der Waals surface area contributed by atoms with Gasteiger partial charge >= 0.3 is 0 Å². The van der Waals surface area contributed by atoms with Gasteiger partial charge < -0.3 is 19.7 Å². The Morgan fingerprint density at radius 1 is 1.22 bits per heavy atom. The Hall–Kier alpha value is -1.60. The number of methoxy groups -OCH3 is 1. The molecule has 0 amide bonds. The van der Waals surface area contributed by atoms with Crippen molar-refractivity contribution in [2.24, 2.45) is 16.7 Å². The monoisotopic (exact) mass is 507 g/mol. The minimum Gasteiger partial charge on any atom is -0.504 e. The lowest BCUT2D eigenvalue weighted by Gasteiger charge is -2.76. The van der Waals surface area contributed by atoms with Crippen LogP contribution in [-0.2, 0) is 16.6 Å². The zero-order chi connectivity index (χ0) is 24.7. The number of thiophene rings is 1. The summed E-state index contributed by atoms with van der Waals surface area (Å²) in [5, 5.41) is 25.3. The van der Waals surface area contributed by atoms with Gasteiger partial charge in [-0.25, -0.2) is 0 Å². The number of nitrogens with zero attached hydrogens (tertiary/aromatic N) is 1. The first-order chi connectivity index (χ1) is 17.3. The average Bonchev–Trinajstić information content (AvgIpc) is 3.46. The third-order valence-electron chi connectivity index (χ3n) is 11.8. The highest BCUT2D eigenvalue weighted by Crippen LogP contribution is 2.80. The van der Waals surface area contributed by atoms with E-state index < -0.39 is 17.1 Å². The van der Waals surface area contributed by atoms with Gasteiger partial charge in [0.25, 0.3) is 0 Å². The Morgan fingerprint density at radius 3 is 2.78 bits per heavy atom. The van der Waals surface area contributed by atoms with Crippen LogP contribution in [0, 0.1) is 23.7 Å². The van der Waals surface area contributed by atoms with Crippen molar-refractivity contribution in [3.05, 3.63) is 45.1 Å². The van der Waals surface area contributed by atoms with Crippen LogP contribution in [0.4, 0.5) is 0 Å². The molecule has 0 radical (unpaired) electrons. The van der Waals surface area contributed by atoms with Crippen LogP contribution < -0.4 is 4.74 Å². The highest BCUT2D eigenvalue weighted by atomic mass is 32.1. The molecule has 7 atom stereocenters. The summed E-state index contributed by atoms with van der Waals surface area (Å²) >= 11 is 1.66. The molecule has 2 aliphatic heterocycles. The molecule has 9 rings (SSSR count). The maximum absolute atomic E-state index is 12.2. The highest BCUT2D eigenvalue weighted by molar-refractivity contribution is 7.10. The fraction of sp³-hybridized carbons (Fsp3) is 0.667. The third-order valence-corrected chi connectivity index (χ3v) is 12.9. The molecular formula is C30H37NO4S. The van der Waals surface area contributed by atoms with Crippen LogP contribution in [0.3, 0.4) is 0 Å². The number of aliphatic hydroxyl groups excluding tert-OH is 1. The van der Waals surface area contributed by atoms with Crippen LogP contribution >= 0.6 is 11.3 Å². The fourth-order valence-corrected chi connectivity index (χ4v) is 11.2. The van der Waals surface area contributed by atoms with Crippen molar-refractivity contribution in [2.45, 2.75) is 88.1 Å². The molecule has 36 heavy (non-hydrogen) atoms. The molecule has 2 aromatic rings. The van der Waals surface area contributed by atoms with Crippen molar-refractivity contribution in [1.29, 1.82) is 0 Å². The number of hydrogen-bond acceptors (Lipinski definition) is 6. The second-order valence-corrected chi connectivity index (χ2v) is 14.0. The number of phenolic OH excluding ortho intramolecular Hbond substituents is 1. The van der Waals surface area contributed by atoms with E-state index in [1.807, 2.05) is 13.2 Å². The topological polar surface area (TPSA) is 62.2 Å². The molecule has 1 aromatic carbocycles. The van der Waals surface area contributed by atoms with Gasteiger partial charge in [-0.05, 0) is 93.0 Å². The maximum atomic E-state index is 12.2. The van der Waals surface area contributed by atoms with E-state index >= 15 is 0 Å². The number of phenols is 1. The Balaban J connectivity index is 1.37. The van der Waals surface area contributed by atoms with Gasteiger partial charge in [0.2, 0.25) is 0 Å². The largest absolute Gasteiger partial charge is 0.504 e. The predicted octanol–water partition coefficient (Wildman–Crippen LogP) is 5.11. The summed E-state index contributed by atoms with van der Waals surface area (Å²) in [6.07, 6.45) is 6.85. The number of rotatable bonds is 5. The summed E-state index contributed by atoms with van der Waals surface area (Å²) in [6, 6.07) is 6.55. The summed E-state index contributed by atoms with van der Waals surface area (Å²) < 4.78 is 13.6. The zero-order valence-corrected chi connectivity index (χ0v) is 22.4. The minimum absolute atomic E-state index is 0.00196. The standard InChI is InChI=1S/C30H37NO4S/c1-17-8-13-36-24(17)25(33)27(2)16-28-9-10-30(27,34-3)26-29(28)11-12-31(15-18-4-5-18)21(28)14-19-6-7-20(32)23(35-26)22(19)29/h6-8,13,18,21,25-26,32-33H,4-5,9-12,14-16H2,1-3H3. The summed E-state index contributed by atoms with van der Waals surface area (Å²) in [5.41, 5.74) is 2.49. The second kappa shape index (κ2) is 6.88. The van der Waals surface area contributed by atoms with Crippen LogP contribution in [-0.4, -0.2) is 53.1 Å². The first kappa shape index (κ1) is 22.4. The normalized spacial score (nSPS) is 42.8. The van der Waals surface area contributed by atoms with E-state index in [9.17, 15) is 10.2 Å². The molecule has 5 nitrogen and oxygen atoms in total. The van der Waals surface area contributed by atoms with E-state index in [1.54, 1.807) is 11.3 Å². The molecule has 4 bridgehead atoms. The van der Waals surface area contributed by atoms with Crippen molar-refractivity contribution in [1.82, 2.24) is 4.90 Å². The van der Waals surface area contributed by atoms with Gasteiger partial charge in [0.05, 0.1) is 6.10 Å². The maximum Gasteiger partial charge on any atom is 0.165 e. The van der Waals surface area contributed by atoms with Gasteiger partial charge in [-0.2, -0.15) is 0 Å². The smallest absolute Gasteiger partial charge is 0.165 e. The van der Waals surface area contributed by atoms with Crippen LogP contribution in [0.2, 0.25) is 0 Å². The Kier molecular flexibility index (Phi) is 4.28. The number of aromatic hydroxyl groups is 1. The molecule has 2 spiro atoms. The van der Waals surface area contributed by atoms with Crippen molar-refractivity contribution in [3.8, 4) is 11.5 Å². The summed E-state index contributed by atoms with van der Waals surface area (Å²) in [4.78, 5) is 3.88. The first-order valence-electron chi connectivity index (χ1n) is 13.8. The number of ether oxygens (including phenoxy) is 2. The number of aryl methyl sites for hydroxylation is 1. The number of fused-ring (bicyclic) bond motifs is 2. The van der Waals surface area contributed by atoms with Crippen molar-refractivity contribution in [2.75, 3.05) is 20.2 Å². The molecule has 6 heteroatoms. The second-order valence-electron chi connectivity index (χ2n) is 13.0. The molecule has 7 aliphatic rings. The summed E-state index contributed by atoms with van der Waals surface area (Å²) in [6.45, 7) is 6.67. The highest BCUT2D eigenvalue weighted by Gasteiger charge is 2.84. The lowest BCUT2D eigenvalue weighted by molar-refractivity contribution is -0.324. The molecule has 1 aromatic heterocycles. The van der Waals surface area contributed by atoms with Crippen LogP contribution in [0.15, 0.2) is 23.6 Å². The fourth-order valence-electron chi connectivity index (χ4n) is 10.2. The number of piperidine rings is 1. The number of likely N-dealkylation sites (tertiary alicyclic amines) is 1. The Labute approximate surface area is 217 Å². The van der Waals surface area contributed by atoms with E-state index in [2.05, 4.69) is 36.3 Å². The lowest BCUT2D eigenvalue weighted by atomic mass is 9.31. The quantitative estimate of drug-likeness (QED) is 0.589. The van der Waals surface area contributed by atoms with E-state index in [0.29, 0.717) is 11.8 Å². The SMILES string of the molecule is COC12CCC3(CC1(C)C(O)c1sccc1C)C1Cc4ccc(O)c5c4C3(CCN1CC1CC1)C2O5. The summed E-state index contributed by atoms with van der Waals surface area (Å²) in [5.74, 6) is 1.80. The van der Waals surface area contributed by atoms with Crippen LogP contribution in [0.25, 0.3) is 0 Å². The molecule has 7 unspecified atom stereocenters. The Morgan fingerprint density at radius 2 is 2.06 bits per heavy atom. The number of hydrogen-bond donors (Lipinski definition) is 2. The molecule has 192 valence electrons. The predicted molar refractivity (Wildman–Crippen MR) is 139 cm³/mol. The third kappa shape index (κ3) is 2.28. The summed E-state index contributed by atoms with van der Waals surface area (Å²) in [7, 11) is 1.83. The zero-order valence-electron chi connectivity index (χ0n) is 21.5. The molecule has 2 N–H and O–H groups in total. The number of aliphatic hydroxyl groups is 1. The molecule has 5 aliphatic carbocycles. The number of benzene rings is 1. The average molecular weight is 508 g/mol. The first-order valence-corrected chi connectivity index (χ1v) is 14.7. The molecule has 4 saturated carbocycles. The van der Waals surface area contributed by atoms with Crippen LogP contribution in [0.1, 0.15) is 73.1 Å². The molecule has 1 saturated heterocycles. The van der Waals surface area contributed by atoms with Gasteiger partial charge in [0.1, 0.15) is 11.7 Å². The van der Waals surface area contributed by atoms with Gasteiger partial charge in [-0.15, -0.1) is 11.3 Å². The minimum atomic E-state index is -0.631. The van der Waals surface area contributed by atoms with Gasteiger partial charge in [-0.1, -0.05) is 13.0 Å². The molecule has 5 fully saturated rings. The van der Waals surface area contributed by atoms with E-state index in [0.717, 1.165) is 55.0 Å². The van der Waals surface area contributed by atoms with Crippen molar-refractivity contribution in [3.63, 3.8) is 0 Å². The van der Waals surface area contributed by atoms with E-state index in [4.69, 9.17) is 9.47 Å². The molecule has 3 heterocycles. The Bertz CT molecular complexity index is 1270. The van der Waals surface area contributed by atoms with E-state index in [1.165, 1.54) is 30.5 Å². The molecular weight excluding hydrogens is 470 g/mol. The van der Waals surface area contributed by atoms with Crippen molar-refractivity contribution < 1.29 is 19.7 Å². The van der Waals surface area contributed by atoms with Gasteiger partial charge in [-0.3, -0.25) is 4.90 Å². The lowest BCUT2D eigenvalue weighted by Crippen LogP contribution is -2.83. The van der Waals surface area contributed by atoms with E-state index in [-0.39, 0.29) is 22.7 Å². The van der Waals surface area contributed by atoms with Crippen molar-refractivity contribution >= 4 is 11.3 Å².